The molecular weight excluding hydrogens is 596 g/mol. The van der Waals surface area contributed by atoms with E-state index in [2.05, 4.69) is 58.6 Å². The van der Waals surface area contributed by atoms with Crippen molar-refractivity contribution in [1.29, 1.82) is 5.26 Å². The summed E-state index contributed by atoms with van der Waals surface area (Å²) in [4.78, 5) is 10.2. The van der Waals surface area contributed by atoms with Crippen LogP contribution in [0.3, 0.4) is 0 Å². The molecule has 0 atom stereocenters. The number of hydrogen-bond donors (Lipinski definition) is 0. The number of nitrogens with zero attached hydrogens (tertiary/aromatic N) is 4. The molecule has 0 N–H and O–H groups in total. The summed E-state index contributed by atoms with van der Waals surface area (Å²) in [5.41, 5.74) is 8.01. The fraction of sp³-hybridized carbons (Fsp3) is 0.108. The van der Waals surface area contributed by atoms with Crippen LogP contribution in [-0.2, 0) is 13.2 Å². The van der Waals surface area contributed by atoms with Crippen LogP contribution in [0.25, 0.3) is 22.2 Å². The van der Waals surface area contributed by atoms with Crippen LogP contribution in [0.1, 0.15) is 34.9 Å². The van der Waals surface area contributed by atoms with Gasteiger partial charge in [0.15, 0.2) is 5.69 Å². The van der Waals surface area contributed by atoms with E-state index in [-0.39, 0.29) is 5.69 Å². The maximum absolute atomic E-state index is 10.5. The van der Waals surface area contributed by atoms with Gasteiger partial charge in [0.1, 0.15) is 29.8 Å². The lowest BCUT2D eigenvalue weighted by atomic mass is 9.95. The normalized spacial score (nSPS) is 10.8. The number of nitriles is 1. The van der Waals surface area contributed by atoms with Crippen molar-refractivity contribution in [2.75, 3.05) is 0 Å². The lowest BCUT2D eigenvalue weighted by molar-refractivity contribution is 0.304. The fourth-order valence-corrected chi connectivity index (χ4v) is 5.95. The van der Waals surface area contributed by atoms with Crippen molar-refractivity contribution < 1.29 is 4.74 Å². The topological polar surface area (TPSA) is 63.2 Å². The van der Waals surface area contributed by atoms with Gasteiger partial charge in [-0.1, -0.05) is 103 Å². The third-order valence-electron chi connectivity index (χ3n) is 7.49. The first-order chi connectivity index (χ1) is 21.1. The second-order valence-corrected chi connectivity index (χ2v) is 11.0. The minimum atomic E-state index is 0.266. The van der Waals surface area contributed by atoms with Crippen molar-refractivity contribution in [1.82, 2.24) is 9.55 Å². The van der Waals surface area contributed by atoms with Gasteiger partial charge >= 0.3 is 0 Å². The molecule has 0 unspecified atom stereocenters. The molecule has 43 heavy (non-hydrogen) atoms. The van der Waals surface area contributed by atoms with E-state index in [9.17, 15) is 5.26 Å². The SMILES string of the molecule is CCn1cc(Br)c2c(-c3cccc(OCc4ccccc4)c3C)c(N=C(c3ccccc3)c3ccccc3)c(C#N)nc21. The highest BCUT2D eigenvalue weighted by Crippen LogP contribution is 2.45. The summed E-state index contributed by atoms with van der Waals surface area (Å²) in [6.45, 7) is 5.28. The van der Waals surface area contributed by atoms with Gasteiger partial charge in [0.05, 0.1) is 5.71 Å². The quantitative estimate of drug-likeness (QED) is 0.158. The highest BCUT2D eigenvalue weighted by molar-refractivity contribution is 9.10. The number of aryl methyl sites for hydroxylation is 1. The minimum Gasteiger partial charge on any atom is -0.489 e. The monoisotopic (exact) mass is 624 g/mol. The third kappa shape index (κ3) is 5.60. The van der Waals surface area contributed by atoms with E-state index in [4.69, 9.17) is 14.7 Å². The molecule has 4 aromatic carbocycles. The lowest BCUT2D eigenvalue weighted by Crippen LogP contribution is -2.05. The second-order valence-electron chi connectivity index (χ2n) is 10.2. The summed E-state index contributed by atoms with van der Waals surface area (Å²) >= 11 is 3.82. The van der Waals surface area contributed by atoms with E-state index in [1.807, 2.05) is 97.2 Å². The van der Waals surface area contributed by atoms with Crippen LogP contribution in [0.2, 0.25) is 0 Å². The number of fused-ring (bicyclic) bond motifs is 1. The number of aromatic nitrogens is 2. The number of pyridine rings is 1. The molecule has 0 amide bonds. The molecule has 0 saturated carbocycles. The molecule has 0 radical (unpaired) electrons. The predicted molar refractivity (Wildman–Crippen MR) is 177 cm³/mol. The zero-order valence-electron chi connectivity index (χ0n) is 24.0. The Kier molecular flexibility index (Phi) is 8.17. The number of aliphatic imine (C=N–C) groups is 1. The Morgan fingerprint density at radius 1 is 0.884 bits per heavy atom. The van der Waals surface area contributed by atoms with E-state index in [1.54, 1.807) is 0 Å². The average molecular weight is 626 g/mol. The molecule has 0 bridgehead atoms. The van der Waals surface area contributed by atoms with Crippen LogP contribution in [0.5, 0.6) is 5.75 Å². The Hall–Kier alpha value is -4.99. The van der Waals surface area contributed by atoms with Gasteiger partial charge in [-0.3, -0.25) is 0 Å². The van der Waals surface area contributed by atoms with E-state index in [0.29, 0.717) is 18.8 Å². The molecular formula is C37H29BrN4O. The highest BCUT2D eigenvalue weighted by atomic mass is 79.9. The molecule has 2 aromatic heterocycles. The molecule has 0 fully saturated rings. The number of rotatable bonds is 8. The maximum atomic E-state index is 10.5. The Balaban J connectivity index is 1.64. The smallest absolute Gasteiger partial charge is 0.169 e. The molecule has 6 aromatic rings. The van der Waals surface area contributed by atoms with Crippen molar-refractivity contribution in [3.8, 4) is 22.9 Å². The second kappa shape index (κ2) is 12.5. The predicted octanol–water partition coefficient (Wildman–Crippen LogP) is 9.41. The number of hydrogen-bond acceptors (Lipinski definition) is 4. The molecule has 0 aliphatic heterocycles. The number of ether oxygens (including phenoxy) is 1. The van der Waals surface area contributed by atoms with Crippen molar-refractivity contribution in [2.24, 2.45) is 4.99 Å². The van der Waals surface area contributed by atoms with Crippen LogP contribution in [-0.4, -0.2) is 15.3 Å². The Morgan fingerprint density at radius 2 is 1.51 bits per heavy atom. The first kappa shape index (κ1) is 28.1. The van der Waals surface area contributed by atoms with E-state index in [1.165, 1.54) is 0 Å². The fourth-order valence-electron chi connectivity index (χ4n) is 5.33. The van der Waals surface area contributed by atoms with Crippen LogP contribution < -0.4 is 4.74 Å². The summed E-state index contributed by atoms with van der Waals surface area (Å²) in [5, 5.41) is 11.4. The van der Waals surface area contributed by atoms with Gasteiger partial charge < -0.3 is 9.30 Å². The molecule has 210 valence electrons. The van der Waals surface area contributed by atoms with Crippen LogP contribution >= 0.6 is 15.9 Å². The van der Waals surface area contributed by atoms with Gasteiger partial charge in [0.2, 0.25) is 0 Å². The van der Waals surface area contributed by atoms with Crippen LogP contribution in [0.4, 0.5) is 5.69 Å². The van der Waals surface area contributed by atoms with Gasteiger partial charge in [-0.25, -0.2) is 9.98 Å². The zero-order chi connectivity index (χ0) is 29.8. The van der Waals surface area contributed by atoms with Crippen LogP contribution in [0, 0.1) is 18.3 Å². The van der Waals surface area contributed by atoms with E-state index >= 15 is 0 Å². The molecule has 0 spiro atoms. The summed E-state index contributed by atoms with van der Waals surface area (Å²) in [7, 11) is 0. The number of halogens is 1. The van der Waals surface area contributed by atoms with Gasteiger partial charge in [0.25, 0.3) is 0 Å². The molecule has 0 saturated heterocycles. The Labute approximate surface area is 259 Å². The van der Waals surface area contributed by atoms with Crippen molar-refractivity contribution >= 4 is 38.4 Å². The number of benzene rings is 4. The average Bonchev–Trinajstić information content (AvgIpc) is 3.38. The van der Waals surface area contributed by atoms with Gasteiger partial charge in [0, 0.05) is 39.3 Å². The molecule has 6 heteroatoms. The van der Waals surface area contributed by atoms with Crippen LogP contribution in [0.15, 0.2) is 125 Å². The van der Waals surface area contributed by atoms with E-state index in [0.717, 1.165) is 60.3 Å². The third-order valence-corrected chi connectivity index (χ3v) is 8.09. The first-order valence-electron chi connectivity index (χ1n) is 14.2. The molecule has 0 aliphatic rings. The van der Waals surface area contributed by atoms with Crippen molar-refractivity contribution in [3.63, 3.8) is 0 Å². The Morgan fingerprint density at radius 3 is 2.12 bits per heavy atom. The summed E-state index contributed by atoms with van der Waals surface area (Å²) < 4.78 is 9.28. The van der Waals surface area contributed by atoms with Gasteiger partial charge in [-0.2, -0.15) is 5.26 Å². The van der Waals surface area contributed by atoms with Gasteiger partial charge in [-0.15, -0.1) is 0 Å². The summed E-state index contributed by atoms with van der Waals surface area (Å²) in [6.07, 6.45) is 2.02. The van der Waals surface area contributed by atoms with E-state index < -0.39 is 0 Å². The zero-order valence-corrected chi connectivity index (χ0v) is 25.5. The largest absolute Gasteiger partial charge is 0.489 e. The maximum Gasteiger partial charge on any atom is 0.169 e. The molecule has 0 aliphatic carbocycles. The molecule has 5 nitrogen and oxygen atoms in total. The van der Waals surface area contributed by atoms with Crippen molar-refractivity contribution in [3.05, 3.63) is 148 Å². The first-order valence-corrected chi connectivity index (χ1v) is 15.0. The lowest BCUT2D eigenvalue weighted by Gasteiger charge is -2.17. The molecule has 2 heterocycles. The molecule has 6 rings (SSSR count). The Bertz CT molecular complexity index is 1930. The minimum absolute atomic E-state index is 0.266. The standard InChI is InChI=1S/C37H29BrN4O/c1-3-42-23-30(38)34-33(29-20-13-21-32(25(29)2)43-24-26-14-7-4-8-15-26)36(31(22-39)40-37(34)42)41-35(27-16-9-5-10-17-27)28-18-11-6-12-19-28/h4-21,23H,3,24H2,1-2H3. The highest BCUT2D eigenvalue weighted by Gasteiger charge is 2.24. The summed E-state index contributed by atoms with van der Waals surface area (Å²) in [6, 6.07) is 38.7. The van der Waals surface area contributed by atoms with Gasteiger partial charge in [-0.05, 0) is 52.5 Å². The van der Waals surface area contributed by atoms with Crippen molar-refractivity contribution in [2.45, 2.75) is 27.0 Å². The summed E-state index contributed by atoms with van der Waals surface area (Å²) in [5.74, 6) is 0.775.